The zero-order valence-corrected chi connectivity index (χ0v) is 11.7. The molecule has 0 aliphatic carbocycles. The smallest absolute Gasteiger partial charge is 0.237 e. The molecular weight excluding hydrogens is 244 g/mol. The number of hydrogen-bond acceptors (Lipinski definition) is 4. The molecule has 0 heterocycles. The van der Waals surface area contributed by atoms with Crippen LogP contribution in [-0.4, -0.2) is 49.3 Å². The van der Waals surface area contributed by atoms with Crippen LogP contribution >= 0.6 is 0 Å². The number of nitrogens with one attached hydrogen (secondary N) is 1. The summed E-state index contributed by atoms with van der Waals surface area (Å²) in [4.78, 5) is 13.7. The second-order valence-electron chi connectivity index (χ2n) is 4.45. The maximum Gasteiger partial charge on any atom is 0.237 e. The first-order valence-corrected chi connectivity index (χ1v) is 6.30. The highest BCUT2D eigenvalue weighted by Gasteiger charge is 2.16. The van der Waals surface area contributed by atoms with E-state index in [1.807, 2.05) is 38.2 Å². The van der Waals surface area contributed by atoms with Crippen molar-refractivity contribution < 1.29 is 14.6 Å². The molecule has 1 aromatic carbocycles. The lowest BCUT2D eigenvalue weighted by Gasteiger charge is -2.22. The van der Waals surface area contributed by atoms with E-state index in [-0.39, 0.29) is 18.6 Å². The maximum atomic E-state index is 11.9. The number of rotatable bonds is 7. The topological polar surface area (TPSA) is 61.8 Å². The molecule has 1 rings (SSSR count). The summed E-state index contributed by atoms with van der Waals surface area (Å²) in [6, 6.07) is 7.32. The van der Waals surface area contributed by atoms with Gasteiger partial charge in [-0.25, -0.2) is 0 Å². The number of benzene rings is 1. The van der Waals surface area contributed by atoms with Gasteiger partial charge in [0, 0.05) is 13.1 Å². The Balaban J connectivity index is 2.49. The summed E-state index contributed by atoms with van der Waals surface area (Å²) < 4.78 is 5.13. The van der Waals surface area contributed by atoms with Crippen LogP contribution in [0.4, 0.5) is 0 Å². The number of amides is 1. The third kappa shape index (κ3) is 4.89. The van der Waals surface area contributed by atoms with Crippen LogP contribution in [0.15, 0.2) is 24.3 Å². The molecule has 0 spiro atoms. The van der Waals surface area contributed by atoms with Gasteiger partial charge in [-0.1, -0.05) is 12.1 Å². The Morgan fingerprint density at radius 3 is 2.89 bits per heavy atom. The van der Waals surface area contributed by atoms with Gasteiger partial charge in [-0.15, -0.1) is 0 Å². The third-order valence-electron chi connectivity index (χ3n) is 3.09. The molecule has 2 N–H and O–H groups in total. The summed E-state index contributed by atoms with van der Waals surface area (Å²) in [7, 11) is 3.43. The largest absolute Gasteiger partial charge is 0.497 e. The first-order valence-electron chi connectivity index (χ1n) is 6.30. The quantitative estimate of drug-likeness (QED) is 0.759. The van der Waals surface area contributed by atoms with Crippen molar-refractivity contribution in [2.45, 2.75) is 19.5 Å². The van der Waals surface area contributed by atoms with Gasteiger partial charge in [0.2, 0.25) is 5.91 Å². The Kier molecular flexibility index (Phi) is 6.32. The number of nitrogens with zero attached hydrogens (tertiary/aromatic N) is 1. The van der Waals surface area contributed by atoms with E-state index in [0.29, 0.717) is 13.1 Å². The summed E-state index contributed by atoms with van der Waals surface area (Å²) in [6.45, 7) is 2.81. The minimum absolute atomic E-state index is 0.0456. The molecule has 1 amide bonds. The van der Waals surface area contributed by atoms with E-state index >= 15 is 0 Å². The Morgan fingerprint density at radius 2 is 2.26 bits per heavy atom. The lowest BCUT2D eigenvalue weighted by Crippen LogP contribution is -2.43. The minimum atomic E-state index is -0.266. The van der Waals surface area contributed by atoms with Gasteiger partial charge in [-0.05, 0) is 31.7 Å². The predicted molar refractivity (Wildman–Crippen MR) is 74.0 cm³/mol. The Morgan fingerprint density at radius 1 is 1.53 bits per heavy atom. The molecule has 0 radical (unpaired) electrons. The average molecular weight is 266 g/mol. The van der Waals surface area contributed by atoms with Gasteiger partial charge in [-0.2, -0.15) is 0 Å². The van der Waals surface area contributed by atoms with Crippen LogP contribution < -0.4 is 10.1 Å². The van der Waals surface area contributed by atoms with Gasteiger partial charge < -0.3 is 15.2 Å². The molecule has 1 unspecified atom stereocenters. The fourth-order valence-corrected chi connectivity index (χ4v) is 1.67. The van der Waals surface area contributed by atoms with Crippen molar-refractivity contribution in [1.82, 2.24) is 10.2 Å². The molecule has 5 nitrogen and oxygen atoms in total. The molecule has 1 atom stereocenters. The second-order valence-corrected chi connectivity index (χ2v) is 4.45. The number of likely N-dealkylation sites (N-methyl/N-ethyl adjacent to an activating group) is 1. The van der Waals surface area contributed by atoms with Crippen LogP contribution in [0, 0.1) is 0 Å². The van der Waals surface area contributed by atoms with Gasteiger partial charge >= 0.3 is 0 Å². The number of hydrogen-bond donors (Lipinski definition) is 2. The zero-order valence-electron chi connectivity index (χ0n) is 11.7. The second kappa shape index (κ2) is 7.76. The molecule has 106 valence electrons. The van der Waals surface area contributed by atoms with Gasteiger partial charge in [0.1, 0.15) is 5.75 Å². The Labute approximate surface area is 114 Å². The number of methoxy groups -OCH3 is 1. The van der Waals surface area contributed by atoms with Gasteiger partial charge in [0.25, 0.3) is 0 Å². The summed E-state index contributed by atoms with van der Waals surface area (Å²) >= 11 is 0. The number of aliphatic hydroxyl groups excluding tert-OH is 1. The lowest BCUT2D eigenvalue weighted by molar-refractivity contribution is -0.125. The maximum absolute atomic E-state index is 11.9. The van der Waals surface area contributed by atoms with Crippen LogP contribution in [0.1, 0.15) is 12.5 Å². The monoisotopic (exact) mass is 266 g/mol. The fourth-order valence-electron chi connectivity index (χ4n) is 1.67. The standard InChI is InChI=1S/C14H22N2O3/c1-11(16(2)7-8-17)14(18)15-10-12-5-4-6-13(9-12)19-3/h4-6,9,11,17H,7-8,10H2,1-3H3,(H,15,18). The summed E-state index contributed by atoms with van der Waals surface area (Å²) in [5.41, 5.74) is 0.990. The summed E-state index contributed by atoms with van der Waals surface area (Å²) in [6.07, 6.45) is 0. The molecule has 0 aromatic heterocycles. The molecule has 0 saturated carbocycles. The molecule has 19 heavy (non-hydrogen) atoms. The highest BCUT2D eigenvalue weighted by Crippen LogP contribution is 2.12. The SMILES string of the molecule is COc1cccc(CNC(=O)C(C)N(C)CCO)c1. The molecule has 0 bridgehead atoms. The van der Waals surface area contributed by atoms with E-state index in [4.69, 9.17) is 9.84 Å². The van der Waals surface area contributed by atoms with Crippen LogP contribution in [0.3, 0.4) is 0 Å². The summed E-state index contributed by atoms with van der Waals surface area (Å²) in [5.74, 6) is 0.718. The first kappa shape index (κ1) is 15.5. The van der Waals surface area contributed by atoms with E-state index in [1.165, 1.54) is 0 Å². The normalized spacial score (nSPS) is 12.3. The lowest BCUT2D eigenvalue weighted by atomic mass is 10.2. The van der Waals surface area contributed by atoms with Crippen molar-refractivity contribution >= 4 is 5.91 Å². The van der Waals surface area contributed by atoms with E-state index in [2.05, 4.69) is 5.32 Å². The van der Waals surface area contributed by atoms with Crippen molar-refractivity contribution in [3.8, 4) is 5.75 Å². The number of aliphatic hydroxyl groups is 1. The minimum Gasteiger partial charge on any atom is -0.497 e. The van der Waals surface area contributed by atoms with Crippen molar-refractivity contribution in [3.63, 3.8) is 0 Å². The van der Waals surface area contributed by atoms with Crippen LogP contribution in [0.2, 0.25) is 0 Å². The number of ether oxygens (including phenoxy) is 1. The third-order valence-corrected chi connectivity index (χ3v) is 3.09. The van der Waals surface area contributed by atoms with Crippen molar-refractivity contribution in [2.24, 2.45) is 0 Å². The molecule has 0 saturated heterocycles. The zero-order chi connectivity index (χ0) is 14.3. The Hall–Kier alpha value is -1.59. The summed E-state index contributed by atoms with van der Waals surface area (Å²) in [5, 5.41) is 11.7. The van der Waals surface area contributed by atoms with Gasteiger partial charge in [0.15, 0.2) is 0 Å². The first-order chi connectivity index (χ1) is 9.08. The highest BCUT2D eigenvalue weighted by molar-refractivity contribution is 5.81. The van der Waals surface area contributed by atoms with Crippen LogP contribution in [0.5, 0.6) is 5.75 Å². The number of carbonyl (C=O) groups is 1. The molecule has 0 fully saturated rings. The van der Waals surface area contributed by atoms with Crippen molar-refractivity contribution in [2.75, 3.05) is 27.3 Å². The van der Waals surface area contributed by atoms with Gasteiger partial charge in [0.05, 0.1) is 19.8 Å². The molecule has 1 aromatic rings. The highest BCUT2D eigenvalue weighted by atomic mass is 16.5. The van der Waals surface area contributed by atoms with Crippen molar-refractivity contribution in [3.05, 3.63) is 29.8 Å². The molecule has 0 aliphatic rings. The number of carbonyl (C=O) groups excluding carboxylic acids is 1. The molecule has 0 aliphatic heterocycles. The van der Waals surface area contributed by atoms with E-state index < -0.39 is 0 Å². The molecule has 5 heteroatoms. The Bertz CT molecular complexity index is 409. The van der Waals surface area contributed by atoms with Gasteiger partial charge in [-0.3, -0.25) is 9.69 Å². The fraction of sp³-hybridized carbons (Fsp3) is 0.500. The van der Waals surface area contributed by atoms with Crippen LogP contribution in [0.25, 0.3) is 0 Å². The predicted octanol–water partition coefficient (Wildman–Crippen LogP) is 0.624. The van der Waals surface area contributed by atoms with Crippen LogP contribution in [-0.2, 0) is 11.3 Å². The van der Waals surface area contributed by atoms with Crippen molar-refractivity contribution in [1.29, 1.82) is 0 Å². The average Bonchev–Trinajstić information content (AvgIpc) is 2.44. The van der Waals surface area contributed by atoms with E-state index in [0.717, 1.165) is 11.3 Å². The molecular formula is C14H22N2O3. The van der Waals surface area contributed by atoms with E-state index in [9.17, 15) is 4.79 Å². The van der Waals surface area contributed by atoms with E-state index in [1.54, 1.807) is 12.0 Å².